The van der Waals surface area contributed by atoms with Crippen molar-refractivity contribution in [3.8, 4) is 6.07 Å². The average Bonchev–Trinajstić information content (AvgIpc) is 2.81. The van der Waals surface area contributed by atoms with Gasteiger partial charge in [0.15, 0.2) is 5.76 Å². The number of nitrogens with two attached hydrogens (primary N) is 1. The molecule has 0 radical (unpaired) electrons. The second kappa shape index (κ2) is 8.10. The number of hydrogen-bond donors (Lipinski definition) is 1. The van der Waals surface area contributed by atoms with Crippen LogP contribution < -0.4 is 10.0 Å². The monoisotopic (exact) mass is 519 g/mol. The van der Waals surface area contributed by atoms with Crippen LogP contribution in [-0.4, -0.2) is 8.42 Å². The predicted molar refractivity (Wildman–Crippen MR) is 130 cm³/mol. The van der Waals surface area contributed by atoms with Gasteiger partial charge in [-0.3, -0.25) is 4.31 Å². The van der Waals surface area contributed by atoms with Gasteiger partial charge in [-0.1, -0.05) is 70.5 Å². The van der Waals surface area contributed by atoms with Crippen LogP contribution in [-0.2, 0) is 21.3 Å². The van der Waals surface area contributed by atoms with E-state index >= 15 is 0 Å². The van der Waals surface area contributed by atoms with Gasteiger partial charge in [0, 0.05) is 10.0 Å². The number of ether oxygens (including phenoxy) is 1. The first-order valence-electron chi connectivity index (χ1n) is 10.1. The minimum absolute atomic E-state index is 0.0148. The lowest BCUT2D eigenvalue weighted by atomic mass is 9.88. The molecule has 1 atom stereocenters. The van der Waals surface area contributed by atoms with E-state index in [-0.39, 0.29) is 28.7 Å². The van der Waals surface area contributed by atoms with Crippen LogP contribution >= 0.6 is 15.9 Å². The van der Waals surface area contributed by atoms with Gasteiger partial charge in [0.05, 0.1) is 18.2 Å². The molecule has 2 N–H and O–H groups in total. The summed E-state index contributed by atoms with van der Waals surface area (Å²) in [6, 6.07) is 25.8. The molecular weight excluding hydrogens is 502 g/mol. The van der Waals surface area contributed by atoms with Gasteiger partial charge in [0.25, 0.3) is 10.0 Å². The van der Waals surface area contributed by atoms with E-state index in [0.717, 1.165) is 10.0 Å². The highest BCUT2D eigenvalue weighted by Crippen LogP contribution is 2.51. The molecule has 0 unspecified atom stereocenters. The summed E-state index contributed by atoms with van der Waals surface area (Å²) in [6.07, 6.45) is 0. The van der Waals surface area contributed by atoms with Gasteiger partial charge in [-0.05, 0) is 35.4 Å². The van der Waals surface area contributed by atoms with Gasteiger partial charge in [0.2, 0.25) is 5.88 Å². The van der Waals surface area contributed by atoms with Crippen molar-refractivity contribution < 1.29 is 13.2 Å². The zero-order valence-corrected chi connectivity index (χ0v) is 19.7. The van der Waals surface area contributed by atoms with Gasteiger partial charge in [-0.25, -0.2) is 8.42 Å². The van der Waals surface area contributed by atoms with Crippen molar-refractivity contribution in [2.75, 3.05) is 4.31 Å². The Bertz CT molecular complexity index is 1470. The summed E-state index contributed by atoms with van der Waals surface area (Å²) >= 11 is 3.45. The molecule has 0 saturated heterocycles. The number of anilines is 1. The number of para-hydroxylation sites is 1. The Labute approximate surface area is 200 Å². The number of nitriles is 1. The van der Waals surface area contributed by atoms with Crippen molar-refractivity contribution in [3.63, 3.8) is 0 Å². The number of hydrogen-bond acceptors (Lipinski definition) is 5. The van der Waals surface area contributed by atoms with Crippen LogP contribution in [0.1, 0.15) is 22.6 Å². The number of nitrogens with zero attached hydrogens (tertiary/aromatic N) is 2. The van der Waals surface area contributed by atoms with E-state index < -0.39 is 15.9 Å². The average molecular weight is 520 g/mol. The van der Waals surface area contributed by atoms with Crippen LogP contribution in [0, 0.1) is 11.3 Å². The van der Waals surface area contributed by atoms with E-state index in [9.17, 15) is 13.7 Å². The molecule has 5 rings (SSSR count). The quantitative estimate of drug-likeness (QED) is 0.526. The van der Waals surface area contributed by atoms with Crippen molar-refractivity contribution in [2.45, 2.75) is 12.5 Å². The van der Waals surface area contributed by atoms with Gasteiger partial charge < -0.3 is 10.5 Å². The maximum atomic E-state index is 14.2. The summed E-state index contributed by atoms with van der Waals surface area (Å²) in [7, 11) is -4.08. The Morgan fingerprint density at radius 1 is 1.03 bits per heavy atom. The zero-order valence-electron chi connectivity index (χ0n) is 17.3. The highest BCUT2D eigenvalue weighted by Gasteiger charge is 2.47. The predicted octanol–water partition coefficient (Wildman–Crippen LogP) is 4.98. The summed E-state index contributed by atoms with van der Waals surface area (Å²) < 4.78 is 36.3. The van der Waals surface area contributed by atoms with Crippen LogP contribution in [0.25, 0.3) is 5.76 Å². The van der Waals surface area contributed by atoms with Crippen LogP contribution in [0.3, 0.4) is 0 Å². The Hall–Kier alpha value is -3.54. The summed E-state index contributed by atoms with van der Waals surface area (Å²) in [5.74, 6) is -0.827. The summed E-state index contributed by atoms with van der Waals surface area (Å²) in [5, 5.41) is 9.91. The molecular formula is C25H18BrN3O3S. The van der Waals surface area contributed by atoms with Gasteiger partial charge in [0.1, 0.15) is 16.5 Å². The molecule has 164 valence electrons. The molecule has 3 aromatic rings. The third-order valence-corrected chi connectivity index (χ3v) is 8.09. The molecule has 0 spiro atoms. The van der Waals surface area contributed by atoms with E-state index in [1.54, 1.807) is 36.4 Å². The molecule has 0 amide bonds. The fourth-order valence-corrected chi connectivity index (χ4v) is 6.58. The Morgan fingerprint density at radius 3 is 2.48 bits per heavy atom. The molecule has 2 aliphatic rings. The highest BCUT2D eigenvalue weighted by molar-refractivity contribution is 9.10. The van der Waals surface area contributed by atoms with Crippen LogP contribution in [0.5, 0.6) is 0 Å². The molecule has 0 aliphatic carbocycles. The fourth-order valence-electron chi connectivity index (χ4n) is 4.25. The van der Waals surface area contributed by atoms with Gasteiger partial charge >= 0.3 is 0 Å². The molecule has 6 nitrogen and oxygen atoms in total. The summed E-state index contributed by atoms with van der Waals surface area (Å²) in [6.45, 7) is 0.142. The van der Waals surface area contributed by atoms with Crippen LogP contribution in [0.2, 0.25) is 0 Å². The summed E-state index contributed by atoms with van der Waals surface area (Å²) in [4.78, 5) is 0.0148. The van der Waals surface area contributed by atoms with Crippen molar-refractivity contribution in [2.24, 2.45) is 5.73 Å². The first-order chi connectivity index (χ1) is 15.9. The minimum atomic E-state index is -4.08. The lowest BCUT2D eigenvalue weighted by Crippen LogP contribution is -2.39. The van der Waals surface area contributed by atoms with E-state index in [1.807, 2.05) is 42.5 Å². The number of rotatable bonds is 3. The molecule has 2 heterocycles. The molecule has 3 aromatic carbocycles. The Morgan fingerprint density at radius 2 is 1.76 bits per heavy atom. The number of sulfonamides is 1. The topological polar surface area (TPSA) is 96.4 Å². The maximum Gasteiger partial charge on any atom is 0.265 e. The van der Waals surface area contributed by atoms with Crippen LogP contribution in [0.4, 0.5) is 5.69 Å². The van der Waals surface area contributed by atoms with Gasteiger partial charge in [-0.15, -0.1) is 0 Å². The van der Waals surface area contributed by atoms with Crippen molar-refractivity contribution in [3.05, 3.63) is 116 Å². The fraction of sp³-hybridized carbons (Fsp3) is 0.0800. The molecule has 8 heteroatoms. The second-order valence-corrected chi connectivity index (χ2v) is 10.4. The lowest BCUT2D eigenvalue weighted by molar-refractivity contribution is 0.357. The minimum Gasteiger partial charge on any atom is -0.439 e. The first-order valence-corrected chi connectivity index (χ1v) is 12.4. The molecule has 0 aromatic heterocycles. The van der Waals surface area contributed by atoms with E-state index in [4.69, 9.17) is 10.5 Å². The normalized spacial score (nSPS) is 18.8. The molecule has 0 fully saturated rings. The number of halogens is 1. The van der Waals surface area contributed by atoms with E-state index in [2.05, 4.69) is 22.0 Å². The van der Waals surface area contributed by atoms with Crippen molar-refractivity contribution in [1.82, 2.24) is 0 Å². The Balaban J connectivity index is 1.78. The Kier molecular flexibility index (Phi) is 5.23. The van der Waals surface area contributed by atoms with Gasteiger partial charge in [-0.2, -0.15) is 5.26 Å². The second-order valence-electron chi connectivity index (χ2n) is 7.69. The highest BCUT2D eigenvalue weighted by atomic mass is 79.9. The molecule has 0 saturated carbocycles. The lowest BCUT2D eigenvalue weighted by Gasteiger charge is -2.38. The number of allylic oxidation sites excluding steroid dienone is 2. The third-order valence-electron chi connectivity index (χ3n) is 5.71. The SMILES string of the molecule is N#CC1=C(N)OC2=C([C@H]1c1cccc(Br)c1)S(=O)(=O)N(Cc1ccccc1)c1ccccc12. The van der Waals surface area contributed by atoms with E-state index in [1.165, 1.54) is 4.31 Å². The number of fused-ring (bicyclic) bond motifs is 2. The molecule has 0 bridgehead atoms. The number of benzene rings is 3. The van der Waals surface area contributed by atoms with Crippen LogP contribution in [0.15, 0.2) is 99.7 Å². The molecule has 33 heavy (non-hydrogen) atoms. The molecule has 2 aliphatic heterocycles. The van der Waals surface area contributed by atoms with E-state index in [0.29, 0.717) is 16.8 Å². The zero-order chi connectivity index (χ0) is 23.2. The largest absolute Gasteiger partial charge is 0.439 e. The van der Waals surface area contributed by atoms with Crippen molar-refractivity contribution in [1.29, 1.82) is 5.26 Å². The standard InChI is InChI=1S/C25H18BrN3O3S/c26-18-10-6-9-17(13-18)22-20(14-27)25(28)32-23-19-11-4-5-12-21(19)29(33(30,31)24(22)23)15-16-7-2-1-3-8-16/h1-13,22H,15,28H2/t22-/m0/s1. The maximum absolute atomic E-state index is 14.2. The first kappa shape index (κ1) is 21.3. The third kappa shape index (κ3) is 3.50. The smallest absolute Gasteiger partial charge is 0.265 e. The summed E-state index contributed by atoms with van der Waals surface area (Å²) in [5.41, 5.74) is 8.79. The van der Waals surface area contributed by atoms with Crippen molar-refractivity contribution >= 4 is 37.4 Å².